The summed E-state index contributed by atoms with van der Waals surface area (Å²) in [5.74, 6) is -1.01. The number of hydrogen-bond acceptors (Lipinski definition) is 4. The number of piperidine rings is 1. The van der Waals surface area contributed by atoms with E-state index >= 15 is 0 Å². The summed E-state index contributed by atoms with van der Waals surface area (Å²) in [5.41, 5.74) is 0. The lowest BCUT2D eigenvalue weighted by Crippen LogP contribution is -2.53. The average molecular weight is 270 g/mol. The zero-order chi connectivity index (χ0) is 14.0. The second kappa shape index (κ2) is 5.88. The van der Waals surface area contributed by atoms with Crippen LogP contribution >= 0.6 is 0 Å². The van der Waals surface area contributed by atoms with E-state index in [-0.39, 0.29) is 24.6 Å². The van der Waals surface area contributed by atoms with Gasteiger partial charge in [0.25, 0.3) is 0 Å². The molecule has 4 unspecified atom stereocenters. The van der Waals surface area contributed by atoms with Crippen molar-refractivity contribution in [1.82, 2.24) is 10.2 Å². The second-order valence-electron chi connectivity index (χ2n) is 5.63. The highest BCUT2D eigenvalue weighted by atomic mass is 16.5. The van der Waals surface area contributed by atoms with Crippen LogP contribution in [0, 0.1) is 11.8 Å². The topological polar surface area (TPSA) is 78.9 Å². The fraction of sp³-hybridized carbons (Fsp3) is 0.846. The van der Waals surface area contributed by atoms with Gasteiger partial charge < -0.3 is 20.1 Å². The Balaban J connectivity index is 2.00. The van der Waals surface area contributed by atoms with Crippen molar-refractivity contribution in [3.63, 3.8) is 0 Å². The first kappa shape index (κ1) is 14.3. The Labute approximate surface area is 113 Å². The number of likely N-dealkylation sites (N-methyl/N-ethyl adjacent to an activating group) is 1. The van der Waals surface area contributed by atoms with Crippen molar-refractivity contribution in [2.45, 2.75) is 31.8 Å². The van der Waals surface area contributed by atoms with E-state index in [1.165, 1.54) is 0 Å². The molecule has 2 rings (SSSR count). The zero-order valence-electron chi connectivity index (χ0n) is 11.5. The quantitative estimate of drug-likeness (QED) is 0.750. The minimum Gasteiger partial charge on any atom is -0.481 e. The summed E-state index contributed by atoms with van der Waals surface area (Å²) in [5, 5.41) is 12.4. The summed E-state index contributed by atoms with van der Waals surface area (Å²) in [6.07, 6.45) is 1.90. The second-order valence-corrected chi connectivity index (χ2v) is 5.63. The van der Waals surface area contributed by atoms with Crippen LogP contribution in [0.3, 0.4) is 0 Å². The van der Waals surface area contributed by atoms with Gasteiger partial charge in [0, 0.05) is 7.05 Å². The zero-order valence-corrected chi connectivity index (χ0v) is 11.5. The number of carboxylic acids is 1. The van der Waals surface area contributed by atoms with Crippen LogP contribution in [0.1, 0.15) is 19.8 Å². The van der Waals surface area contributed by atoms with Gasteiger partial charge in [0.15, 0.2) is 0 Å². The van der Waals surface area contributed by atoms with E-state index in [0.717, 1.165) is 19.4 Å². The number of carbonyl (C=O) groups is 2. The molecular weight excluding hydrogens is 248 g/mol. The number of aliphatic carboxylic acids is 1. The van der Waals surface area contributed by atoms with Crippen molar-refractivity contribution >= 4 is 11.9 Å². The normalized spacial score (nSPS) is 35.1. The summed E-state index contributed by atoms with van der Waals surface area (Å²) in [6.45, 7) is 3.47. The molecule has 0 aromatic heterocycles. The van der Waals surface area contributed by atoms with E-state index in [9.17, 15) is 9.59 Å². The maximum atomic E-state index is 12.4. The van der Waals surface area contributed by atoms with Gasteiger partial charge in [-0.05, 0) is 25.3 Å². The molecule has 0 saturated carbocycles. The first-order chi connectivity index (χ1) is 9.00. The molecule has 0 spiro atoms. The summed E-state index contributed by atoms with van der Waals surface area (Å²) in [4.78, 5) is 25.1. The number of hydrogen-bond donors (Lipinski definition) is 2. The number of ether oxygens (including phenoxy) is 1. The van der Waals surface area contributed by atoms with Gasteiger partial charge in [0.05, 0.1) is 25.3 Å². The Morgan fingerprint density at radius 1 is 1.37 bits per heavy atom. The highest BCUT2D eigenvalue weighted by Crippen LogP contribution is 2.22. The fourth-order valence-corrected chi connectivity index (χ4v) is 2.87. The van der Waals surface area contributed by atoms with Crippen LogP contribution in [0.4, 0.5) is 0 Å². The molecule has 2 aliphatic heterocycles. The molecule has 0 aliphatic carbocycles. The molecule has 2 fully saturated rings. The average Bonchev–Trinajstić information content (AvgIpc) is 2.86. The van der Waals surface area contributed by atoms with Gasteiger partial charge in [0.2, 0.25) is 5.91 Å². The molecule has 19 heavy (non-hydrogen) atoms. The molecule has 6 heteroatoms. The van der Waals surface area contributed by atoms with E-state index in [4.69, 9.17) is 9.84 Å². The van der Waals surface area contributed by atoms with Crippen LogP contribution in [0.2, 0.25) is 0 Å². The van der Waals surface area contributed by atoms with E-state index in [1.54, 1.807) is 11.9 Å². The third kappa shape index (κ3) is 3.06. The van der Waals surface area contributed by atoms with Crippen molar-refractivity contribution in [2.24, 2.45) is 11.8 Å². The van der Waals surface area contributed by atoms with E-state index in [1.807, 2.05) is 0 Å². The summed E-state index contributed by atoms with van der Waals surface area (Å²) in [7, 11) is 1.68. The number of nitrogens with zero attached hydrogens (tertiary/aromatic N) is 1. The monoisotopic (exact) mass is 270 g/mol. The number of nitrogens with one attached hydrogen (secondary N) is 1. The van der Waals surface area contributed by atoms with Gasteiger partial charge in [-0.3, -0.25) is 9.59 Å². The van der Waals surface area contributed by atoms with Crippen molar-refractivity contribution in [1.29, 1.82) is 0 Å². The third-order valence-electron chi connectivity index (χ3n) is 4.18. The van der Waals surface area contributed by atoms with Gasteiger partial charge in [-0.25, -0.2) is 0 Å². The van der Waals surface area contributed by atoms with Crippen LogP contribution in [0.25, 0.3) is 0 Å². The molecule has 2 heterocycles. The lowest BCUT2D eigenvalue weighted by Gasteiger charge is -2.33. The number of carboxylic acid groups (broad SMARTS) is 1. The molecule has 0 aromatic rings. The minimum absolute atomic E-state index is 0.0201. The lowest BCUT2D eigenvalue weighted by molar-refractivity contribution is -0.145. The predicted molar refractivity (Wildman–Crippen MR) is 68.7 cm³/mol. The number of carbonyl (C=O) groups excluding carboxylic acids is 1. The van der Waals surface area contributed by atoms with Gasteiger partial charge >= 0.3 is 5.97 Å². The maximum Gasteiger partial charge on any atom is 0.311 e. The number of amides is 1. The Hall–Kier alpha value is -1.14. The smallest absolute Gasteiger partial charge is 0.311 e. The van der Waals surface area contributed by atoms with Crippen LogP contribution in [-0.2, 0) is 14.3 Å². The standard InChI is InChI=1S/C13H22N2O4/c1-8-3-4-14-10(5-8)12(16)15(2)11-7-19-6-9(11)13(17)18/h8-11,14H,3-7H2,1-2H3,(H,17,18). The van der Waals surface area contributed by atoms with Crippen LogP contribution in [-0.4, -0.2) is 60.8 Å². The Bertz CT molecular complexity index is 361. The van der Waals surface area contributed by atoms with Crippen LogP contribution in [0.15, 0.2) is 0 Å². The number of rotatable bonds is 3. The SMILES string of the molecule is CC1CCNC(C(=O)N(C)C2COCC2C(=O)O)C1. The summed E-state index contributed by atoms with van der Waals surface area (Å²) < 4.78 is 5.22. The van der Waals surface area contributed by atoms with Gasteiger partial charge in [-0.15, -0.1) is 0 Å². The minimum atomic E-state index is -0.896. The van der Waals surface area contributed by atoms with Gasteiger partial charge in [-0.1, -0.05) is 6.92 Å². The van der Waals surface area contributed by atoms with Gasteiger partial charge in [-0.2, -0.15) is 0 Å². The molecular formula is C13H22N2O4. The molecule has 2 N–H and O–H groups in total. The highest BCUT2D eigenvalue weighted by Gasteiger charge is 2.40. The lowest BCUT2D eigenvalue weighted by atomic mass is 9.93. The Kier molecular flexibility index (Phi) is 4.42. The largest absolute Gasteiger partial charge is 0.481 e. The highest BCUT2D eigenvalue weighted by molar-refractivity contribution is 5.83. The van der Waals surface area contributed by atoms with Crippen molar-refractivity contribution < 1.29 is 19.4 Å². The molecule has 0 bridgehead atoms. The van der Waals surface area contributed by atoms with E-state index < -0.39 is 11.9 Å². The molecule has 2 aliphatic rings. The van der Waals surface area contributed by atoms with Crippen LogP contribution < -0.4 is 5.32 Å². The molecule has 6 nitrogen and oxygen atoms in total. The first-order valence-electron chi connectivity index (χ1n) is 6.81. The molecule has 1 amide bonds. The summed E-state index contributed by atoms with van der Waals surface area (Å²) in [6, 6.07) is -0.548. The molecule has 2 saturated heterocycles. The van der Waals surface area contributed by atoms with Crippen LogP contribution in [0.5, 0.6) is 0 Å². The van der Waals surface area contributed by atoms with Crippen molar-refractivity contribution in [3.05, 3.63) is 0 Å². The fourth-order valence-electron chi connectivity index (χ4n) is 2.87. The predicted octanol–water partition coefficient (Wildman–Crippen LogP) is -0.0675. The Morgan fingerprint density at radius 2 is 2.11 bits per heavy atom. The summed E-state index contributed by atoms with van der Waals surface area (Å²) >= 11 is 0. The van der Waals surface area contributed by atoms with Crippen molar-refractivity contribution in [2.75, 3.05) is 26.8 Å². The molecule has 108 valence electrons. The molecule has 4 atom stereocenters. The molecule has 0 radical (unpaired) electrons. The van der Waals surface area contributed by atoms with Crippen molar-refractivity contribution in [3.8, 4) is 0 Å². The maximum absolute atomic E-state index is 12.4. The third-order valence-corrected chi connectivity index (χ3v) is 4.18. The van der Waals surface area contributed by atoms with E-state index in [2.05, 4.69) is 12.2 Å². The molecule has 0 aromatic carbocycles. The first-order valence-corrected chi connectivity index (χ1v) is 6.81. The van der Waals surface area contributed by atoms with Gasteiger partial charge in [0.1, 0.15) is 5.92 Å². The Morgan fingerprint density at radius 3 is 2.74 bits per heavy atom. The van der Waals surface area contributed by atoms with E-state index in [0.29, 0.717) is 12.5 Å².